The summed E-state index contributed by atoms with van der Waals surface area (Å²) >= 11 is 0. The highest BCUT2D eigenvalue weighted by molar-refractivity contribution is 5.76. The Morgan fingerprint density at radius 1 is 1.35 bits per heavy atom. The minimum Gasteiger partial charge on any atom is -0.341 e. The molecule has 0 spiro atoms. The maximum atomic E-state index is 11.5. The van der Waals surface area contributed by atoms with Crippen LogP contribution in [0, 0.1) is 0 Å². The molecule has 0 saturated carbocycles. The standard InChI is InChI=1S/C15H17N3O2/c1-2-14(19)18-9-12(10-18)15-16-13(17-20-15)8-11-6-4-3-5-7-11/h3-7,12H,2,8-10H2,1H3. The minimum atomic E-state index is 0.185. The molecule has 104 valence electrons. The van der Waals surface area contributed by atoms with Gasteiger partial charge in [0.1, 0.15) is 0 Å². The molecule has 1 aromatic heterocycles. The van der Waals surface area contributed by atoms with Gasteiger partial charge in [0.25, 0.3) is 0 Å². The second-order valence-electron chi connectivity index (χ2n) is 5.06. The fourth-order valence-corrected chi connectivity index (χ4v) is 2.35. The Kier molecular flexibility index (Phi) is 3.50. The molecule has 2 aromatic rings. The van der Waals surface area contributed by atoms with Crippen LogP contribution < -0.4 is 0 Å². The molecule has 1 aliphatic rings. The molecular weight excluding hydrogens is 254 g/mol. The number of nitrogens with zero attached hydrogens (tertiary/aromatic N) is 3. The average molecular weight is 271 g/mol. The van der Waals surface area contributed by atoms with E-state index < -0.39 is 0 Å². The van der Waals surface area contributed by atoms with Gasteiger partial charge in [0.2, 0.25) is 11.8 Å². The number of benzene rings is 1. The van der Waals surface area contributed by atoms with Crippen molar-refractivity contribution in [3.05, 3.63) is 47.6 Å². The van der Waals surface area contributed by atoms with Crippen LogP contribution in [0.4, 0.5) is 0 Å². The van der Waals surface area contributed by atoms with Gasteiger partial charge in [-0.1, -0.05) is 42.4 Å². The van der Waals surface area contributed by atoms with Gasteiger partial charge in [0, 0.05) is 25.9 Å². The van der Waals surface area contributed by atoms with E-state index in [1.165, 1.54) is 0 Å². The highest BCUT2D eigenvalue weighted by atomic mass is 16.5. The zero-order valence-electron chi connectivity index (χ0n) is 11.5. The number of rotatable bonds is 4. The molecule has 1 fully saturated rings. The summed E-state index contributed by atoms with van der Waals surface area (Å²) in [5, 5.41) is 4.01. The molecule has 3 rings (SSSR count). The van der Waals surface area contributed by atoms with E-state index in [1.54, 1.807) is 0 Å². The van der Waals surface area contributed by atoms with Gasteiger partial charge in [0.05, 0.1) is 5.92 Å². The van der Waals surface area contributed by atoms with Crippen LogP contribution in [0.25, 0.3) is 0 Å². The van der Waals surface area contributed by atoms with Crippen molar-refractivity contribution in [2.24, 2.45) is 0 Å². The average Bonchev–Trinajstić information content (AvgIpc) is 2.86. The summed E-state index contributed by atoms with van der Waals surface area (Å²) in [6.45, 7) is 3.26. The van der Waals surface area contributed by atoms with E-state index in [2.05, 4.69) is 10.1 Å². The number of carbonyl (C=O) groups is 1. The molecule has 1 amide bonds. The third-order valence-electron chi connectivity index (χ3n) is 3.57. The van der Waals surface area contributed by atoms with Crippen molar-refractivity contribution in [2.75, 3.05) is 13.1 Å². The van der Waals surface area contributed by atoms with Gasteiger partial charge in [-0.05, 0) is 5.56 Å². The summed E-state index contributed by atoms with van der Waals surface area (Å²) in [6.07, 6.45) is 1.23. The van der Waals surface area contributed by atoms with Crippen LogP contribution in [-0.2, 0) is 11.2 Å². The molecular formula is C15H17N3O2. The lowest BCUT2D eigenvalue weighted by molar-refractivity contribution is -0.135. The number of hydrogen-bond donors (Lipinski definition) is 0. The lowest BCUT2D eigenvalue weighted by atomic mass is 10.00. The number of hydrogen-bond acceptors (Lipinski definition) is 4. The zero-order valence-corrected chi connectivity index (χ0v) is 11.5. The summed E-state index contributed by atoms with van der Waals surface area (Å²) in [7, 11) is 0. The van der Waals surface area contributed by atoms with Gasteiger partial charge in [-0.2, -0.15) is 4.98 Å². The highest BCUT2D eigenvalue weighted by Crippen LogP contribution is 2.26. The molecule has 5 heteroatoms. The van der Waals surface area contributed by atoms with Crippen molar-refractivity contribution in [2.45, 2.75) is 25.7 Å². The second-order valence-corrected chi connectivity index (χ2v) is 5.06. The van der Waals surface area contributed by atoms with Gasteiger partial charge < -0.3 is 9.42 Å². The van der Waals surface area contributed by atoms with Gasteiger partial charge in [-0.3, -0.25) is 4.79 Å². The first-order chi connectivity index (χ1) is 9.76. The molecule has 0 unspecified atom stereocenters. The predicted octanol–water partition coefficient (Wildman–Crippen LogP) is 2.00. The third-order valence-corrected chi connectivity index (χ3v) is 3.57. The van der Waals surface area contributed by atoms with Crippen LogP contribution in [0.15, 0.2) is 34.9 Å². The fraction of sp³-hybridized carbons (Fsp3) is 0.400. The monoisotopic (exact) mass is 271 g/mol. The number of aromatic nitrogens is 2. The van der Waals surface area contributed by atoms with Crippen LogP contribution in [-0.4, -0.2) is 34.0 Å². The Hall–Kier alpha value is -2.17. The quantitative estimate of drug-likeness (QED) is 0.853. The Morgan fingerprint density at radius 2 is 2.10 bits per heavy atom. The van der Waals surface area contributed by atoms with E-state index in [0.717, 1.165) is 5.56 Å². The van der Waals surface area contributed by atoms with E-state index in [9.17, 15) is 4.79 Å². The van der Waals surface area contributed by atoms with Gasteiger partial charge >= 0.3 is 0 Å². The summed E-state index contributed by atoms with van der Waals surface area (Å²) in [5.41, 5.74) is 1.16. The topological polar surface area (TPSA) is 59.2 Å². The SMILES string of the molecule is CCC(=O)N1CC(c2nc(Cc3ccccc3)no2)C1. The maximum absolute atomic E-state index is 11.5. The molecule has 0 aliphatic carbocycles. The van der Waals surface area contributed by atoms with Crippen LogP contribution in [0.1, 0.15) is 36.5 Å². The molecule has 0 N–H and O–H groups in total. The molecule has 2 heterocycles. The smallest absolute Gasteiger partial charge is 0.233 e. The Morgan fingerprint density at radius 3 is 2.80 bits per heavy atom. The molecule has 0 bridgehead atoms. The van der Waals surface area contributed by atoms with Gasteiger partial charge in [-0.25, -0.2) is 0 Å². The first-order valence-corrected chi connectivity index (χ1v) is 6.90. The van der Waals surface area contributed by atoms with Crippen LogP contribution in [0.2, 0.25) is 0 Å². The molecule has 1 saturated heterocycles. The summed E-state index contributed by atoms with van der Waals surface area (Å²) in [6, 6.07) is 10.1. The Bertz CT molecular complexity index is 588. The summed E-state index contributed by atoms with van der Waals surface area (Å²) in [5.74, 6) is 1.73. The Labute approximate surface area is 117 Å². The molecule has 0 radical (unpaired) electrons. The molecule has 1 aliphatic heterocycles. The first-order valence-electron chi connectivity index (χ1n) is 6.90. The molecule has 20 heavy (non-hydrogen) atoms. The zero-order chi connectivity index (χ0) is 13.9. The van der Waals surface area contributed by atoms with Gasteiger partial charge in [0.15, 0.2) is 5.82 Å². The predicted molar refractivity (Wildman–Crippen MR) is 73.2 cm³/mol. The molecule has 1 aromatic carbocycles. The first kappa shape index (κ1) is 12.8. The van der Waals surface area contributed by atoms with Crippen LogP contribution in [0.3, 0.4) is 0 Å². The molecule has 0 atom stereocenters. The van der Waals surface area contributed by atoms with Crippen molar-refractivity contribution >= 4 is 5.91 Å². The summed E-state index contributed by atoms with van der Waals surface area (Å²) < 4.78 is 5.30. The van der Waals surface area contributed by atoms with Crippen molar-refractivity contribution in [3.8, 4) is 0 Å². The Balaban J connectivity index is 1.60. The highest BCUT2D eigenvalue weighted by Gasteiger charge is 2.34. The van der Waals surface area contributed by atoms with Crippen LogP contribution in [0.5, 0.6) is 0 Å². The van der Waals surface area contributed by atoms with Gasteiger partial charge in [-0.15, -0.1) is 0 Å². The second kappa shape index (κ2) is 5.45. The van der Waals surface area contributed by atoms with E-state index in [0.29, 0.717) is 37.6 Å². The van der Waals surface area contributed by atoms with Crippen molar-refractivity contribution < 1.29 is 9.32 Å². The summed E-state index contributed by atoms with van der Waals surface area (Å²) in [4.78, 5) is 17.7. The third kappa shape index (κ3) is 2.57. The maximum Gasteiger partial charge on any atom is 0.233 e. The largest absolute Gasteiger partial charge is 0.341 e. The number of carbonyl (C=O) groups excluding carboxylic acids is 1. The fourth-order valence-electron chi connectivity index (χ4n) is 2.35. The van der Waals surface area contributed by atoms with E-state index in [4.69, 9.17) is 4.52 Å². The van der Waals surface area contributed by atoms with Crippen molar-refractivity contribution in [3.63, 3.8) is 0 Å². The number of likely N-dealkylation sites (tertiary alicyclic amines) is 1. The lowest BCUT2D eigenvalue weighted by Crippen LogP contribution is -2.48. The minimum absolute atomic E-state index is 0.185. The number of amides is 1. The lowest BCUT2D eigenvalue weighted by Gasteiger charge is -2.36. The molecule has 5 nitrogen and oxygen atoms in total. The van der Waals surface area contributed by atoms with E-state index in [-0.39, 0.29) is 11.8 Å². The van der Waals surface area contributed by atoms with Crippen molar-refractivity contribution in [1.82, 2.24) is 15.0 Å². The normalized spacial score (nSPS) is 15.2. The van der Waals surface area contributed by atoms with E-state index in [1.807, 2.05) is 42.2 Å². The van der Waals surface area contributed by atoms with Crippen molar-refractivity contribution in [1.29, 1.82) is 0 Å². The van der Waals surface area contributed by atoms with Crippen LogP contribution >= 0.6 is 0 Å². The van der Waals surface area contributed by atoms with E-state index >= 15 is 0 Å².